The van der Waals surface area contributed by atoms with E-state index in [1.807, 2.05) is 24.3 Å². The highest BCUT2D eigenvalue weighted by Gasteiger charge is 2.18. The van der Waals surface area contributed by atoms with Crippen molar-refractivity contribution in [2.45, 2.75) is 17.3 Å². The lowest BCUT2D eigenvalue weighted by molar-refractivity contribution is 0.586. The van der Waals surface area contributed by atoms with Crippen LogP contribution in [0.3, 0.4) is 0 Å². The van der Waals surface area contributed by atoms with Gasteiger partial charge in [0, 0.05) is 16.7 Å². The first-order valence-corrected chi connectivity index (χ1v) is 10.2. The molecule has 2 aromatic heterocycles. The van der Waals surface area contributed by atoms with E-state index in [0.29, 0.717) is 5.56 Å². The van der Waals surface area contributed by atoms with Crippen LogP contribution in [0.2, 0.25) is 0 Å². The number of sulfonamides is 1. The van der Waals surface area contributed by atoms with Gasteiger partial charge in [-0.3, -0.25) is 0 Å². The summed E-state index contributed by atoms with van der Waals surface area (Å²) in [5.74, 6) is 0. The van der Waals surface area contributed by atoms with Crippen molar-refractivity contribution in [3.8, 4) is 11.3 Å². The average Bonchev–Trinajstić information content (AvgIpc) is 2.96. The highest BCUT2D eigenvalue weighted by molar-refractivity contribution is 7.90. The predicted molar refractivity (Wildman–Crippen MR) is 92.3 cm³/mol. The van der Waals surface area contributed by atoms with Gasteiger partial charge in [-0.15, -0.1) is 0 Å². The smallest absolute Gasteiger partial charge is 0.359 e. The Morgan fingerprint density at radius 2 is 1.88 bits per heavy atom. The first kappa shape index (κ1) is 16.9. The molecule has 24 heavy (non-hydrogen) atoms. The number of rotatable bonds is 4. The number of benzene rings is 1. The molecule has 2 heterocycles. The van der Waals surface area contributed by atoms with Gasteiger partial charge in [-0.1, -0.05) is 29.4 Å². The van der Waals surface area contributed by atoms with Crippen LogP contribution in [0.5, 0.6) is 0 Å². The van der Waals surface area contributed by atoms with Crippen molar-refractivity contribution in [1.29, 1.82) is 0 Å². The van der Waals surface area contributed by atoms with Crippen LogP contribution in [0.15, 0.2) is 47.8 Å². The second kappa shape index (κ2) is 6.17. The minimum Gasteiger partial charge on any atom is -0.609 e. The summed E-state index contributed by atoms with van der Waals surface area (Å²) in [7, 11) is -3.63. The van der Waals surface area contributed by atoms with Crippen molar-refractivity contribution in [3.05, 3.63) is 48.2 Å². The van der Waals surface area contributed by atoms with Crippen LogP contribution < -0.4 is 5.14 Å². The molecule has 2 atom stereocenters. The molecule has 126 valence electrons. The molecule has 0 bridgehead atoms. The van der Waals surface area contributed by atoms with E-state index in [4.69, 9.17) is 5.14 Å². The Morgan fingerprint density at radius 3 is 2.46 bits per heavy atom. The number of nitrogens with zero attached hydrogens (tertiary/aromatic N) is 3. The highest BCUT2D eigenvalue weighted by Crippen LogP contribution is 2.26. The van der Waals surface area contributed by atoms with Crippen LogP contribution in [0, 0.1) is 0 Å². The molecular weight excluding hydrogens is 348 g/mol. The van der Waals surface area contributed by atoms with Crippen LogP contribution in [0.1, 0.15) is 17.7 Å². The Balaban J connectivity index is 2.03. The fourth-order valence-corrected chi connectivity index (χ4v) is 3.29. The molecule has 1 aromatic carbocycles. The molecule has 2 unspecified atom stereocenters. The molecular formula is C15H16N4O3S2. The first-order valence-electron chi connectivity index (χ1n) is 7.07. The van der Waals surface area contributed by atoms with E-state index in [-0.39, 0.29) is 5.16 Å². The number of primary sulfonamides is 1. The normalized spacial score (nSPS) is 14.7. The third-order valence-corrected chi connectivity index (χ3v) is 5.76. The molecule has 0 radical (unpaired) electrons. The van der Waals surface area contributed by atoms with Gasteiger partial charge < -0.3 is 4.55 Å². The average molecular weight is 364 g/mol. The topological polar surface area (TPSA) is 113 Å². The van der Waals surface area contributed by atoms with Gasteiger partial charge in [-0.05, 0) is 24.6 Å². The quantitative estimate of drug-likeness (QED) is 0.705. The zero-order valence-corrected chi connectivity index (χ0v) is 14.7. The number of aromatic nitrogens is 3. The molecule has 0 spiro atoms. The van der Waals surface area contributed by atoms with Crippen LogP contribution in [-0.2, 0) is 21.2 Å². The van der Waals surface area contributed by atoms with Gasteiger partial charge in [0.2, 0.25) is 10.0 Å². The zero-order chi connectivity index (χ0) is 17.5. The molecule has 0 aliphatic rings. The third-order valence-electron chi connectivity index (χ3n) is 3.80. The van der Waals surface area contributed by atoms with Gasteiger partial charge in [0.1, 0.15) is 6.26 Å². The van der Waals surface area contributed by atoms with E-state index in [1.165, 1.54) is 6.26 Å². The van der Waals surface area contributed by atoms with Crippen molar-refractivity contribution in [3.63, 3.8) is 0 Å². The van der Waals surface area contributed by atoms with Gasteiger partial charge in [0.15, 0.2) is 0 Å². The molecule has 0 aliphatic heterocycles. The number of hydrogen-bond donors (Lipinski definition) is 1. The Hall–Kier alpha value is -1.94. The van der Waals surface area contributed by atoms with Gasteiger partial charge >= 0.3 is 5.16 Å². The lowest BCUT2D eigenvalue weighted by Gasteiger charge is -2.10. The summed E-state index contributed by atoms with van der Waals surface area (Å²) >= 11 is -1.28. The second-order valence-electron chi connectivity index (χ2n) is 5.40. The third kappa shape index (κ3) is 3.16. The summed E-state index contributed by atoms with van der Waals surface area (Å²) in [6, 6.07) is 10.8. The van der Waals surface area contributed by atoms with E-state index in [2.05, 4.69) is 10.1 Å². The Morgan fingerprint density at radius 1 is 1.21 bits per heavy atom. The zero-order valence-electron chi connectivity index (χ0n) is 13.1. The van der Waals surface area contributed by atoms with E-state index in [9.17, 15) is 13.0 Å². The summed E-state index contributed by atoms with van der Waals surface area (Å²) in [5.41, 5.74) is 3.05. The maximum absolute atomic E-state index is 11.6. The van der Waals surface area contributed by atoms with Crippen molar-refractivity contribution in [2.75, 3.05) is 6.26 Å². The van der Waals surface area contributed by atoms with Crippen molar-refractivity contribution < 1.29 is 13.0 Å². The van der Waals surface area contributed by atoms with Crippen LogP contribution in [0.4, 0.5) is 0 Å². The SMILES string of the molecule is CC(c1ccc(-c2ccc3cnc([S+](C)[O-])nn23)cc1)S(N)(=O)=O. The lowest BCUT2D eigenvalue weighted by atomic mass is 10.1. The summed E-state index contributed by atoms with van der Waals surface area (Å²) < 4.78 is 36.1. The maximum atomic E-state index is 11.6. The molecule has 0 amide bonds. The highest BCUT2D eigenvalue weighted by atomic mass is 32.2. The minimum absolute atomic E-state index is 0.249. The predicted octanol–water partition coefficient (Wildman–Crippen LogP) is 1.48. The standard InChI is InChI=1S/C15H16N4O3S2/c1-10(24(16,21)22)11-3-5-12(6-4-11)14-8-7-13-9-17-15(23(2)20)18-19(13)14/h3-10H,1-2H3,(H2,16,21,22). The van der Waals surface area contributed by atoms with E-state index in [1.54, 1.807) is 29.8 Å². The van der Waals surface area contributed by atoms with E-state index < -0.39 is 26.4 Å². The maximum Gasteiger partial charge on any atom is 0.359 e. The number of fused-ring (bicyclic) bond motifs is 1. The van der Waals surface area contributed by atoms with Gasteiger partial charge in [0.05, 0.1) is 22.7 Å². The molecule has 3 rings (SSSR count). The minimum atomic E-state index is -3.63. The fourth-order valence-electron chi connectivity index (χ4n) is 2.35. The Labute approximate surface area is 142 Å². The van der Waals surface area contributed by atoms with Crippen LogP contribution >= 0.6 is 0 Å². The summed E-state index contributed by atoms with van der Waals surface area (Å²) in [5, 5.41) is 8.96. The molecule has 0 fully saturated rings. The van der Waals surface area contributed by atoms with E-state index in [0.717, 1.165) is 16.8 Å². The number of nitrogens with two attached hydrogens (primary N) is 1. The van der Waals surface area contributed by atoms with Crippen molar-refractivity contribution in [1.82, 2.24) is 14.6 Å². The molecule has 0 saturated heterocycles. The largest absolute Gasteiger partial charge is 0.609 e. The number of hydrogen-bond acceptors (Lipinski definition) is 5. The molecule has 0 saturated carbocycles. The molecule has 3 aromatic rings. The van der Waals surface area contributed by atoms with E-state index >= 15 is 0 Å². The second-order valence-corrected chi connectivity index (χ2v) is 8.56. The van der Waals surface area contributed by atoms with Crippen molar-refractivity contribution in [2.24, 2.45) is 5.14 Å². The van der Waals surface area contributed by atoms with Gasteiger partial charge in [0.25, 0.3) is 0 Å². The van der Waals surface area contributed by atoms with Crippen LogP contribution in [-0.4, -0.2) is 33.8 Å². The van der Waals surface area contributed by atoms with Gasteiger partial charge in [-0.2, -0.15) is 4.98 Å². The monoisotopic (exact) mass is 364 g/mol. The molecule has 9 heteroatoms. The molecule has 0 aliphatic carbocycles. The fraction of sp³-hybridized carbons (Fsp3) is 0.200. The molecule has 7 nitrogen and oxygen atoms in total. The Kier molecular flexibility index (Phi) is 4.35. The van der Waals surface area contributed by atoms with Crippen molar-refractivity contribution >= 4 is 26.7 Å². The summed E-state index contributed by atoms with van der Waals surface area (Å²) in [4.78, 5) is 4.07. The van der Waals surface area contributed by atoms with Gasteiger partial charge in [-0.25, -0.2) is 18.1 Å². The lowest BCUT2D eigenvalue weighted by Crippen LogP contribution is -2.19. The summed E-state index contributed by atoms with van der Waals surface area (Å²) in [6.07, 6.45) is 3.14. The summed E-state index contributed by atoms with van der Waals surface area (Å²) in [6.45, 7) is 1.55. The van der Waals surface area contributed by atoms with Crippen LogP contribution in [0.25, 0.3) is 16.8 Å². The first-order chi connectivity index (χ1) is 11.3. The molecule has 2 N–H and O–H groups in total. The Bertz CT molecular complexity index is 982.